The molecule has 0 aromatic carbocycles. The van der Waals surface area contributed by atoms with Crippen LogP contribution in [0.25, 0.3) is 11.0 Å². The number of rotatable bonds is 2. The number of hydrogen-bond donors (Lipinski definition) is 2. The molecule has 3 rings (SSSR count). The van der Waals surface area contributed by atoms with Crippen LogP contribution >= 0.6 is 0 Å². The van der Waals surface area contributed by atoms with Crippen LogP contribution in [0.2, 0.25) is 0 Å². The predicted octanol–water partition coefficient (Wildman–Crippen LogP) is 0.336. The molecule has 3 N–H and O–H groups in total. The third-order valence-corrected chi connectivity index (χ3v) is 3.17. The number of fused-ring (bicyclic) bond motifs is 1. The molecule has 1 aliphatic rings. The summed E-state index contributed by atoms with van der Waals surface area (Å²) in [5.74, 6) is 0.479. The van der Waals surface area contributed by atoms with Gasteiger partial charge in [-0.25, -0.2) is 9.97 Å². The zero-order chi connectivity index (χ0) is 11.8. The van der Waals surface area contributed by atoms with Crippen molar-refractivity contribution < 1.29 is 9.84 Å². The van der Waals surface area contributed by atoms with Crippen molar-refractivity contribution >= 4 is 16.9 Å². The molecule has 2 aromatic rings. The van der Waals surface area contributed by atoms with Gasteiger partial charge in [0.2, 0.25) is 0 Å². The lowest BCUT2D eigenvalue weighted by atomic mass is 10.2. The van der Waals surface area contributed by atoms with Crippen molar-refractivity contribution in [3.05, 3.63) is 18.6 Å². The fraction of sp³-hybridized carbons (Fsp3) is 0.455. The molecule has 6 heteroatoms. The number of nitrogens with zero attached hydrogens (tertiary/aromatic N) is 3. The molecule has 0 bridgehead atoms. The number of ether oxygens (including phenoxy) is 1. The summed E-state index contributed by atoms with van der Waals surface area (Å²) in [6.07, 6.45) is 4.10. The first-order chi connectivity index (χ1) is 8.29. The van der Waals surface area contributed by atoms with E-state index in [2.05, 4.69) is 9.97 Å². The van der Waals surface area contributed by atoms with Crippen molar-refractivity contribution in [3.8, 4) is 0 Å². The van der Waals surface area contributed by atoms with Crippen LogP contribution < -0.4 is 5.73 Å². The van der Waals surface area contributed by atoms with Crippen LogP contribution in [-0.2, 0) is 4.74 Å². The standard InChI is InChI=1S/C11H14N4O2/c12-11-10-9(1-2-13-11)14-6-15(10)7-3-8(4-16)17-5-7/h1-2,6-8,16H,3-5H2,(H2,12,13)/t7-,8-/m1/s1. The van der Waals surface area contributed by atoms with Gasteiger partial charge in [-0.15, -0.1) is 0 Å². The molecule has 6 nitrogen and oxygen atoms in total. The van der Waals surface area contributed by atoms with E-state index in [1.165, 1.54) is 0 Å². The van der Waals surface area contributed by atoms with E-state index in [0.29, 0.717) is 12.4 Å². The smallest absolute Gasteiger partial charge is 0.149 e. The highest BCUT2D eigenvalue weighted by Crippen LogP contribution is 2.29. The summed E-state index contributed by atoms with van der Waals surface area (Å²) in [7, 11) is 0. The predicted molar refractivity (Wildman–Crippen MR) is 62.4 cm³/mol. The quantitative estimate of drug-likeness (QED) is 0.782. The lowest BCUT2D eigenvalue weighted by Gasteiger charge is -2.11. The molecule has 17 heavy (non-hydrogen) atoms. The van der Waals surface area contributed by atoms with Crippen LogP contribution in [0.5, 0.6) is 0 Å². The van der Waals surface area contributed by atoms with Crippen molar-refractivity contribution in [3.63, 3.8) is 0 Å². The molecule has 1 saturated heterocycles. The van der Waals surface area contributed by atoms with Gasteiger partial charge in [-0.1, -0.05) is 0 Å². The fourth-order valence-corrected chi connectivity index (χ4v) is 2.29. The molecule has 0 aliphatic carbocycles. The summed E-state index contributed by atoms with van der Waals surface area (Å²) in [4.78, 5) is 8.38. The van der Waals surface area contributed by atoms with Crippen molar-refractivity contribution in [2.24, 2.45) is 0 Å². The Hall–Kier alpha value is -1.66. The van der Waals surface area contributed by atoms with Crippen molar-refractivity contribution in [1.29, 1.82) is 0 Å². The van der Waals surface area contributed by atoms with Gasteiger partial charge in [0.25, 0.3) is 0 Å². The zero-order valence-electron chi connectivity index (χ0n) is 9.28. The maximum absolute atomic E-state index is 9.06. The molecule has 1 aliphatic heterocycles. The molecule has 90 valence electrons. The van der Waals surface area contributed by atoms with E-state index in [4.69, 9.17) is 15.6 Å². The van der Waals surface area contributed by atoms with Crippen LogP contribution in [-0.4, -0.2) is 39.0 Å². The average Bonchev–Trinajstić information content (AvgIpc) is 2.94. The number of aliphatic hydroxyl groups is 1. The van der Waals surface area contributed by atoms with E-state index < -0.39 is 0 Å². The van der Waals surface area contributed by atoms with Crippen LogP contribution in [0.15, 0.2) is 18.6 Å². The largest absolute Gasteiger partial charge is 0.394 e. The summed E-state index contributed by atoms with van der Waals surface area (Å²) >= 11 is 0. The minimum atomic E-state index is -0.0876. The number of aromatic nitrogens is 3. The molecule has 3 heterocycles. The molecule has 1 fully saturated rings. The van der Waals surface area contributed by atoms with Gasteiger partial charge < -0.3 is 20.1 Å². The Kier molecular flexibility index (Phi) is 2.45. The number of imidazole rings is 1. The number of anilines is 1. The zero-order valence-corrected chi connectivity index (χ0v) is 9.28. The summed E-state index contributed by atoms with van der Waals surface area (Å²) in [6, 6.07) is 2.00. The Morgan fingerprint density at radius 3 is 3.18 bits per heavy atom. The topological polar surface area (TPSA) is 86.2 Å². The first kappa shape index (κ1) is 10.5. The second-order valence-corrected chi connectivity index (χ2v) is 4.24. The van der Waals surface area contributed by atoms with Gasteiger partial charge in [0.1, 0.15) is 11.3 Å². The highest BCUT2D eigenvalue weighted by atomic mass is 16.5. The lowest BCUT2D eigenvalue weighted by molar-refractivity contribution is 0.0576. The lowest BCUT2D eigenvalue weighted by Crippen LogP contribution is -2.11. The molecule has 0 spiro atoms. The third-order valence-electron chi connectivity index (χ3n) is 3.17. The summed E-state index contributed by atoms with van der Waals surface area (Å²) in [6.45, 7) is 0.627. The SMILES string of the molecule is Nc1nccc2ncn([C@H]3CO[C@@H](CO)C3)c12. The normalized spacial score (nSPS) is 24.5. The van der Waals surface area contributed by atoms with Gasteiger partial charge in [-0.05, 0) is 12.5 Å². The summed E-state index contributed by atoms with van der Waals surface area (Å²) in [5, 5.41) is 9.06. The first-order valence-electron chi connectivity index (χ1n) is 5.59. The highest BCUT2D eigenvalue weighted by molar-refractivity contribution is 5.84. The summed E-state index contributed by atoms with van der Waals surface area (Å²) < 4.78 is 7.46. The molecule has 0 radical (unpaired) electrons. The minimum Gasteiger partial charge on any atom is -0.394 e. The van der Waals surface area contributed by atoms with Crippen LogP contribution in [0.3, 0.4) is 0 Å². The van der Waals surface area contributed by atoms with Gasteiger partial charge in [-0.2, -0.15) is 0 Å². The van der Waals surface area contributed by atoms with E-state index in [9.17, 15) is 0 Å². The van der Waals surface area contributed by atoms with Gasteiger partial charge in [0.05, 0.1) is 37.2 Å². The number of aliphatic hydroxyl groups excluding tert-OH is 1. The molecule has 2 aromatic heterocycles. The van der Waals surface area contributed by atoms with Gasteiger partial charge >= 0.3 is 0 Å². The van der Waals surface area contributed by atoms with Gasteiger partial charge in [0, 0.05) is 6.20 Å². The molecular formula is C11H14N4O2. The Morgan fingerprint density at radius 1 is 1.53 bits per heavy atom. The van der Waals surface area contributed by atoms with Gasteiger partial charge in [0.15, 0.2) is 0 Å². The van der Waals surface area contributed by atoms with Crippen molar-refractivity contribution in [2.45, 2.75) is 18.6 Å². The Morgan fingerprint density at radius 2 is 2.41 bits per heavy atom. The molecule has 0 saturated carbocycles. The number of nitrogen functional groups attached to an aromatic ring is 1. The maximum Gasteiger partial charge on any atom is 0.149 e. The number of pyridine rings is 1. The maximum atomic E-state index is 9.06. The molecular weight excluding hydrogens is 220 g/mol. The van der Waals surface area contributed by atoms with Crippen LogP contribution in [0.1, 0.15) is 12.5 Å². The summed E-state index contributed by atoms with van der Waals surface area (Å²) in [5.41, 5.74) is 7.56. The average molecular weight is 234 g/mol. The van der Waals surface area contributed by atoms with Crippen molar-refractivity contribution in [2.75, 3.05) is 18.9 Å². The van der Waals surface area contributed by atoms with Gasteiger partial charge in [-0.3, -0.25) is 0 Å². The third kappa shape index (κ3) is 1.65. The molecule has 0 amide bonds. The minimum absolute atomic E-state index is 0.0524. The van der Waals surface area contributed by atoms with E-state index >= 15 is 0 Å². The first-order valence-corrected chi connectivity index (χ1v) is 5.59. The highest BCUT2D eigenvalue weighted by Gasteiger charge is 2.27. The van der Waals surface area contributed by atoms with E-state index in [1.54, 1.807) is 12.5 Å². The fourth-order valence-electron chi connectivity index (χ4n) is 2.29. The number of nitrogens with two attached hydrogens (primary N) is 1. The molecule has 2 atom stereocenters. The van der Waals surface area contributed by atoms with Crippen LogP contribution in [0, 0.1) is 0 Å². The van der Waals surface area contributed by atoms with Crippen LogP contribution in [0.4, 0.5) is 5.82 Å². The van der Waals surface area contributed by atoms with E-state index in [0.717, 1.165) is 17.5 Å². The Labute approximate surface area is 98.0 Å². The second-order valence-electron chi connectivity index (χ2n) is 4.24. The van der Waals surface area contributed by atoms with E-state index in [-0.39, 0.29) is 18.8 Å². The molecule has 0 unspecified atom stereocenters. The second kappa shape index (κ2) is 3.97. The van der Waals surface area contributed by atoms with Crippen molar-refractivity contribution in [1.82, 2.24) is 14.5 Å². The van der Waals surface area contributed by atoms with E-state index in [1.807, 2.05) is 10.6 Å². The number of hydrogen-bond acceptors (Lipinski definition) is 5. The Bertz CT molecular complexity index is 539. The Balaban J connectivity index is 2.01. The monoisotopic (exact) mass is 234 g/mol.